The summed E-state index contributed by atoms with van der Waals surface area (Å²) in [7, 11) is 0. The van der Waals surface area contributed by atoms with E-state index in [0.29, 0.717) is 6.54 Å². The Labute approximate surface area is 86.0 Å². The zero-order valence-corrected chi connectivity index (χ0v) is 9.01. The Morgan fingerprint density at radius 3 is 3.07 bits per heavy atom. The van der Waals surface area contributed by atoms with Gasteiger partial charge in [0.1, 0.15) is 0 Å². The highest BCUT2D eigenvalue weighted by Crippen LogP contribution is 1.95. The van der Waals surface area contributed by atoms with Gasteiger partial charge in [-0.25, -0.2) is 0 Å². The third-order valence-electron chi connectivity index (χ3n) is 2.40. The Balaban J connectivity index is 2.20. The minimum atomic E-state index is 0.238. The Morgan fingerprint density at radius 1 is 1.43 bits per heavy atom. The predicted octanol–water partition coefficient (Wildman–Crippen LogP) is -0.192. The summed E-state index contributed by atoms with van der Waals surface area (Å²) in [4.78, 5) is 13.6. The van der Waals surface area contributed by atoms with E-state index in [2.05, 4.69) is 17.6 Å². The van der Waals surface area contributed by atoms with Crippen molar-refractivity contribution >= 4 is 5.91 Å². The third kappa shape index (κ3) is 4.07. The Morgan fingerprint density at radius 2 is 2.29 bits per heavy atom. The monoisotopic (exact) mass is 199 g/mol. The first kappa shape index (κ1) is 11.5. The highest BCUT2D eigenvalue weighted by atomic mass is 16.2. The Bertz CT molecular complexity index is 165. The minimum absolute atomic E-state index is 0.238. The van der Waals surface area contributed by atoms with E-state index in [0.717, 1.165) is 45.6 Å². The SMILES string of the molecule is CCCNCC(=O)N1CCCNCC1. The molecule has 0 aromatic carbocycles. The number of amides is 1. The summed E-state index contributed by atoms with van der Waals surface area (Å²) >= 11 is 0. The van der Waals surface area contributed by atoms with Crippen LogP contribution in [-0.4, -0.2) is 50.1 Å². The molecule has 1 fully saturated rings. The Hall–Kier alpha value is -0.610. The standard InChI is InChI=1S/C10H21N3O/c1-2-4-12-9-10(14)13-7-3-5-11-6-8-13/h11-12H,2-9H2,1H3. The molecule has 14 heavy (non-hydrogen) atoms. The molecule has 0 aromatic rings. The second-order valence-electron chi connectivity index (χ2n) is 3.66. The zero-order chi connectivity index (χ0) is 10.2. The quantitative estimate of drug-likeness (QED) is 0.617. The number of nitrogens with one attached hydrogen (secondary N) is 2. The lowest BCUT2D eigenvalue weighted by atomic mass is 10.3. The average molecular weight is 199 g/mol. The van der Waals surface area contributed by atoms with Crippen LogP contribution in [-0.2, 0) is 4.79 Å². The van der Waals surface area contributed by atoms with Gasteiger partial charge in [-0.2, -0.15) is 0 Å². The first-order valence-corrected chi connectivity index (χ1v) is 5.54. The summed E-state index contributed by atoms with van der Waals surface area (Å²) in [5.41, 5.74) is 0. The zero-order valence-electron chi connectivity index (χ0n) is 9.01. The molecule has 4 heteroatoms. The summed E-state index contributed by atoms with van der Waals surface area (Å²) in [5.74, 6) is 0.238. The molecule has 0 aliphatic carbocycles. The van der Waals surface area contributed by atoms with E-state index in [-0.39, 0.29) is 5.91 Å². The van der Waals surface area contributed by atoms with Gasteiger partial charge in [-0.1, -0.05) is 6.92 Å². The van der Waals surface area contributed by atoms with Crippen LogP contribution < -0.4 is 10.6 Å². The second-order valence-corrected chi connectivity index (χ2v) is 3.66. The van der Waals surface area contributed by atoms with Gasteiger partial charge in [0, 0.05) is 19.6 Å². The van der Waals surface area contributed by atoms with Crippen LogP contribution in [0.4, 0.5) is 0 Å². The first-order valence-electron chi connectivity index (χ1n) is 5.54. The van der Waals surface area contributed by atoms with Gasteiger partial charge >= 0.3 is 0 Å². The lowest BCUT2D eigenvalue weighted by molar-refractivity contribution is -0.130. The third-order valence-corrected chi connectivity index (χ3v) is 2.40. The molecule has 0 atom stereocenters. The van der Waals surface area contributed by atoms with E-state index < -0.39 is 0 Å². The normalized spacial score (nSPS) is 17.9. The van der Waals surface area contributed by atoms with E-state index in [1.54, 1.807) is 0 Å². The fourth-order valence-corrected chi connectivity index (χ4v) is 1.58. The molecular weight excluding hydrogens is 178 g/mol. The van der Waals surface area contributed by atoms with Crippen LogP contribution >= 0.6 is 0 Å². The predicted molar refractivity (Wildman–Crippen MR) is 57.2 cm³/mol. The van der Waals surface area contributed by atoms with Gasteiger partial charge in [-0.15, -0.1) is 0 Å². The van der Waals surface area contributed by atoms with Gasteiger partial charge in [-0.05, 0) is 25.9 Å². The van der Waals surface area contributed by atoms with Crippen molar-refractivity contribution in [3.63, 3.8) is 0 Å². The van der Waals surface area contributed by atoms with Crippen LogP contribution in [0.15, 0.2) is 0 Å². The van der Waals surface area contributed by atoms with Crippen molar-refractivity contribution in [3.05, 3.63) is 0 Å². The van der Waals surface area contributed by atoms with E-state index in [4.69, 9.17) is 0 Å². The summed E-state index contributed by atoms with van der Waals surface area (Å²) in [6.45, 7) is 7.25. The molecule has 0 radical (unpaired) electrons. The number of nitrogens with zero attached hydrogens (tertiary/aromatic N) is 1. The fraction of sp³-hybridized carbons (Fsp3) is 0.900. The van der Waals surface area contributed by atoms with E-state index in [1.807, 2.05) is 4.90 Å². The highest BCUT2D eigenvalue weighted by molar-refractivity contribution is 5.78. The molecule has 1 aliphatic rings. The smallest absolute Gasteiger partial charge is 0.236 e. The summed E-state index contributed by atoms with van der Waals surface area (Å²) in [5, 5.41) is 6.43. The number of carbonyl (C=O) groups excluding carboxylic acids is 1. The van der Waals surface area contributed by atoms with Crippen LogP contribution in [0.3, 0.4) is 0 Å². The van der Waals surface area contributed by atoms with Crippen LogP contribution in [0.2, 0.25) is 0 Å². The van der Waals surface area contributed by atoms with Gasteiger partial charge in [0.05, 0.1) is 6.54 Å². The van der Waals surface area contributed by atoms with E-state index in [1.165, 1.54) is 0 Å². The van der Waals surface area contributed by atoms with E-state index >= 15 is 0 Å². The molecule has 82 valence electrons. The van der Waals surface area contributed by atoms with Crippen LogP contribution in [0, 0.1) is 0 Å². The second kappa shape index (κ2) is 6.79. The summed E-state index contributed by atoms with van der Waals surface area (Å²) in [6.07, 6.45) is 2.15. The van der Waals surface area contributed by atoms with Crippen LogP contribution in [0.1, 0.15) is 19.8 Å². The Kier molecular flexibility index (Phi) is 5.56. The minimum Gasteiger partial charge on any atom is -0.340 e. The van der Waals surface area contributed by atoms with Crippen LogP contribution in [0.25, 0.3) is 0 Å². The fourth-order valence-electron chi connectivity index (χ4n) is 1.58. The van der Waals surface area contributed by atoms with Crippen molar-refractivity contribution in [2.24, 2.45) is 0 Å². The lowest BCUT2D eigenvalue weighted by Gasteiger charge is -2.19. The molecular formula is C10H21N3O. The molecule has 4 nitrogen and oxygen atoms in total. The van der Waals surface area contributed by atoms with Gasteiger partial charge in [0.2, 0.25) is 5.91 Å². The maximum Gasteiger partial charge on any atom is 0.236 e. The number of carbonyl (C=O) groups is 1. The highest BCUT2D eigenvalue weighted by Gasteiger charge is 2.13. The molecule has 0 unspecified atom stereocenters. The number of hydrogen-bond acceptors (Lipinski definition) is 3. The molecule has 2 N–H and O–H groups in total. The number of hydrogen-bond donors (Lipinski definition) is 2. The molecule has 0 bridgehead atoms. The summed E-state index contributed by atoms with van der Waals surface area (Å²) < 4.78 is 0. The molecule has 1 heterocycles. The van der Waals surface area contributed by atoms with Gasteiger partial charge < -0.3 is 15.5 Å². The first-order chi connectivity index (χ1) is 6.84. The van der Waals surface area contributed by atoms with Gasteiger partial charge in [0.15, 0.2) is 0 Å². The van der Waals surface area contributed by atoms with Crippen molar-refractivity contribution in [3.8, 4) is 0 Å². The molecule has 0 spiro atoms. The van der Waals surface area contributed by atoms with E-state index in [9.17, 15) is 4.79 Å². The van der Waals surface area contributed by atoms with Crippen LogP contribution in [0.5, 0.6) is 0 Å². The largest absolute Gasteiger partial charge is 0.340 e. The summed E-state index contributed by atoms with van der Waals surface area (Å²) in [6, 6.07) is 0. The van der Waals surface area contributed by atoms with Gasteiger partial charge in [0.25, 0.3) is 0 Å². The topological polar surface area (TPSA) is 44.4 Å². The maximum absolute atomic E-state index is 11.7. The molecule has 1 aliphatic heterocycles. The molecule has 1 amide bonds. The molecule has 1 saturated heterocycles. The van der Waals surface area contributed by atoms with Crippen molar-refractivity contribution in [2.45, 2.75) is 19.8 Å². The van der Waals surface area contributed by atoms with Crippen molar-refractivity contribution < 1.29 is 4.79 Å². The average Bonchev–Trinajstić information content (AvgIpc) is 2.46. The van der Waals surface area contributed by atoms with Crippen molar-refractivity contribution in [1.82, 2.24) is 15.5 Å². The van der Waals surface area contributed by atoms with Crippen molar-refractivity contribution in [1.29, 1.82) is 0 Å². The molecule has 0 saturated carbocycles. The number of rotatable bonds is 4. The molecule has 1 rings (SSSR count). The van der Waals surface area contributed by atoms with Gasteiger partial charge in [-0.3, -0.25) is 4.79 Å². The maximum atomic E-state index is 11.7. The molecule has 0 aromatic heterocycles. The van der Waals surface area contributed by atoms with Crippen molar-refractivity contribution in [2.75, 3.05) is 39.3 Å². The lowest BCUT2D eigenvalue weighted by Crippen LogP contribution is -2.40.